The Kier molecular flexibility index (Phi) is 3.10. The standard InChI is InChI=1S/C12H21N3/c1-9(2)15-8-11(7-13)12(14-15)10-5-3-4-6-10/h8-10H,3-7,13H2,1-2H3. The SMILES string of the molecule is CC(C)n1cc(CN)c(C2CCCC2)n1. The van der Waals surface area contributed by atoms with Crippen molar-refractivity contribution in [2.24, 2.45) is 5.73 Å². The van der Waals surface area contributed by atoms with Crippen molar-refractivity contribution in [2.45, 2.75) is 58.0 Å². The summed E-state index contributed by atoms with van der Waals surface area (Å²) in [5.74, 6) is 0.670. The first kappa shape index (κ1) is 10.7. The van der Waals surface area contributed by atoms with Crippen molar-refractivity contribution in [3.05, 3.63) is 17.5 Å². The molecule has 0 spiro atoms. The highest BCUT2D eigenvalue weighted by molar-refractivity contribution is 5.22. The molecular formula is C12H21N3. The summed E-state index contributed by atoms with van der Waals surface area (Å²) in [4.78, 5) is 0. The third-order valence-corrected chi connectivity index (χ3v) is 3.33. The van der Waals surface area contributed by atoms with E-state index in [0.29, 0.717) is 18.5 Å². The Bertz CT molecular complexity index is 322. The van der Waals surface area contributed by atoms with Crippen LogP contribution in [-0.2, 0) is 6.54 Å². The number of aromatic nitrogens is 2. The lowest BCUT2D eigenvalue weighted by atomic mass is 10.0. The minimum Gasteiger partial charge on any atom is -0.326 e. The molecule has 0 aliphatic heterocycles. The lowest BCUT2D eigenvalue weighted by molar-refractivity contribution is 0.518. The smallest absolute Gasteiger partial charge is 0.0700 e. The number of hydrogen-bond donors (Lipinski definition) is 1. The van der Waals surface area contributed by atoms with E-state index in [4.69, 9.17) is 10.8 Å². The lowest BCUT2D eigenvalue weighted by Gasteiger charge is -2.07. The molecule has 1 aromatic heterocycles. The van der Waals surface area contributed by atoms with Crippen LogP contribution in [-0.4, -0.2) is 9.78 Å². The van der Waals surface area contributed by atoms with Crippen LogP contribution in [0.15, 0.2) is 6.20 Å². The second kappa shape index (κ2) is 4.35. The fourth-order valence-corrected chi connectivity index (χ4v) is 2.41. The fourth-order valence-electron chi connectivity index (χ4n) is 2.41. The maximum atomic E-state index is 5.78. The molecule has 0 radical (unpaired) electrons. The normalized spacial score (nSPS) is 17.9. The third kappa shape index (κ3) is 2.07. The summed E-state index contributed by atoms with van der Waals surface area (Å²) < 4.78 is 2.05. The molecule has 1 saturated carbocycles. The summed E-state index contributed by atoms with van der Waals surface area (Å²) in [6, 6.07) is 0.436. The minimum atomic E-state index is 0.436. The molecule has 84 valence electrons. The molecule has 1 heterocycles. The Hall–Kier alpha value is -0.830. The number of nitrogens with zero attached hydrogens (tertiary/aromatic N) is 2. The number of rotatable bonds is 3. The molecule has 0 amide bonds. The molecule has 1 aromatic rings. The van der Waals surface area contributed by atoms with Crippen LogP contribution in [0.2, 0.25) is 0 Å². The Labute approximate surface area is 91.7 Å². The molecule has 1 aliphatic carbocycles. The highest BCUT2D eigenvalue weighted by atomic mass is 15.3. The summed E-state index contributed by atoms with van der Waals surface area (Å²) in [6.45, 7) is 4.94. The highest BCUT2D eigenvalue weighted by Crippen LogP contribution is 2.35. The molecule has 2 rings (SSSR count). The van der Waals surface area contributed by atoms with Gasteiger partial charge in [-0.15, -0.1) is 0 Å². The zero-order valence-electron chi connectivity index (χ0n) is 9.74. The first-order valence-electron chi connectivity index (χ1n) is 6.00. The summed E-state index contributed by atoms with van der Waals surface area (Å²) >= 11 is 0. The summed E-state index contributed by atoms with van der Waals surface area (Å²) in [7, 11) is 0. The van der Waals surface area contributed by atoms with Gasteiger partial charge >= 0.3 is 0 Å². The van der Waals surface area contributed by atoms with E-state index in [2.05, 4.69) is 24.7 Å². The molecule has 0 unspecified atom stereocenters. The number of nitrogens with two attached hydrogens (primary N) is 1. The first-order chi connectivity index (χ1) is 7.22. The van der Waals surface area contributed by atoms with Crippen molar-refractivity contribution >= 4 is 0 Å². The average Bonchev–Trinajstić information content (AvgIpc) is 2.86. The van der Waals surface area contributed by atoms with Gasteiger partial charge in [-0.1, -0.05) is 12.8 Å². The van der Waals surface area contributed by atoms with E-state index in [1.165, 1.54) is 36.9 Å². The molecule has 3 heteroatoms. The van der Waals surface area contributed by atoms with Crippen LogP contribution >= 0.6 is 0 Å². The highest BCUT2D eigenvalue weighted by Gasteiger charge is 2.22. The van der Waals surface area contributed by atoms with Crippen LogP contribution in [0.4, 0.5) is 0 Å². The van der Waals surface area contributed by atoms with Crippen LogP contribution in [0.1, 0.15) is 62.7 Å². The second-order valence-electron chi connectivity index (χ2n) is 4.80. The zero-order valence-corrected chi connectivity index (χ0v) is 9.74. The summed E-state index contributed by atoms with van der Waals surface area (Å²) in [6.07, 6.45) is 7.41. The van der Waals surface area contributed by atoms with E-state index in [-0.39, 0.29) is 0 Å². The van der Waals surface area contributed by atoms with Gasteiger partial charge in [0.2, 0.25) is 0 Å². The second-order valence-corrected chi connectivity index (χ2v) is 4.80. The van der Waals surface area contributed by atoms with Gasteiger partial charge in [-0.2, -0.15) is 5.10 Å². The monoisotopic (exact) mass is 207 g/mol. The summed E-state index contributed by atoms with van der Waals surface area (Å²) in [5, 5.41) is 4.70. The van der Waals surface area contributed by atoms with Crippen LogP contribution in [0, 0.1) is 0 Å². The topological polar surface area (TPSA) is 43.8 Å². The molecule has 0 atom stereocenters. The van der Waals surface area contributed by atoms with Gasteiger partial charge in [0.1, 0.15) is 0 Å². The number of hydrogen-bond acceptors (Lipinski definition) is 2. The van der Waals surface area contributed by atoms with Crippen molar-refractivity contribution in [1.29, 1.82) is 0 Å². The van der Waals surface area contributed by atoms with E-state index < -0.39 is 0 Å². The molecule has 1 fully saturated rings. The Morgan fingerprint density at radius 2 is 2.13 bits per heavy atom. The van der Waals surface area contributed by atoms with Crippen molar-refractivity contribution in [1.82, 2.24) is 9.78 Å². The Balaban J connectivity index is 2.27. The quantitative estimate of drug-likeness (QED) is 0.828. The zero-order chi connectivity index (χ0) is 10.8. The van der Waals surface area contributed by atoms with Gasteiger partial charge in [-0.3, -0.25) is 4.68 Å². The van der Waals surface area contributed by atoms with Crippen molar-refractivity contribution in [3.63, 3.8) is 0 Å². The van der Waals surface area contributed by atoms with E-state index >= 15 is 0 Å². The van der Waals surface area contributed by atoms with Gasteiger partial charge in [0.25, 0.3) is 0 Å². The largest absolute Gasteiger partial charge is 0.326 e. The first-order valence-corrected chi connectivity index (χ1v) is 6.00. The van der Waals surface area contributed by atoms with Crippen molar-refractivity contribution in [3.8, 4) is 0 Å². The fraction of sp³-hybridized carbons (Fsp3) is 0.750. The van der Waals surface area contributed by atoms with Gasteiger partial charge in [0, 0.05) is 30.3 Å². The molecule has 15 heavy (non-hydrogen) atoms. The molecule has 3 nitrogen and oxygen atoms in total. The van der Waals surface area contributed by atoms with Gasteiger partial charge in [0.15, 0.2) is 0 Å². The molecular weight excluding hydrogens is 186 g/mol. The maximum Gasteiger partial charge on any atom is 0.0700 e. The van der Waals surface area contributed by atoms with Crippen LogP contribution in [0.25, 0.3) is 0 Å². The van der Waals surface area contributed by atoms with Crippen molar-refractivity contribution < 1.29 is 0 Å². The molecule has 0 saturated heterocycles. The maximum absolute atomic E-state index is 5.78. The Morgan fingerprint density at radius 1 is 1.47 bits per heavy atom. The van der Waals surface area contributed by atoms with Crippen LogP contribution in [0.5, 0.6) is 0 Å². The van der Waals surface area contributed by atoms with Gasteiger partial charge in [-0.05, 0) is 26.7 Å². The molecule has 0 aromatic carbocycles. The predicted octanol–water partition coefficient (Wildman–Crippen LogP) is 2.58. The van der Waals surface area contributed by atoms with Gasteiger partial charge in [-0.25, -0.2) is 0 Å². The van der Waals surface area contributed by atoms with Crippen LogP contribution in [0.3, 0.4) is 0 Å². The van der Waals surface area contributed by atoms with E-state index in [9.17, 15) is 0 Å². The van der Waals surface area contributed by atoms with Gasteiger partial charge < -0.3 is 5.73 Å². The molecule has 1 aliphatic rings. The summed E-state index contributed by atoms with van der Waals surface area (Å²) in [5.41, 5.74) is 8.29. The van der Waals surface area contributed by atoms with Crippen molar-refractivity contribution in [2.75, 3.05) is 0 Å². The molecule has 0 bridgehead atoms. The van der Waals surface area contributed by atoms with Gasteiger partial charge in [0.05, 0.1) is 5.69 Å². The minimum absolute atomic E-state index is 0.436. The molecule has 2 N–H and O–H groups in total. The van der Waals surface area contributed by atoms with Crippen LogP contribution < -0.4 is 5.73 Å². The van der Waals surface area contributed by atoms with E-state index in [0.717, 1.165) is 0 Å². The lowest BCUT2D eigenvalue weighted by Crippen LogP contribution is -2.04. The van der Waals surface area contributed by atoms with E-state index in [1.807, 2.05) is 0 Å². The Morgan fingerprint density at radius 3 is 2.67 bits per heavy atom. The third-order valence-electron chi connectivity index (χ3n) is 3.33. The average molecular weight is 207 g/mol. The predicted molar refractivity (Wildman–Crippen MR) is 61.7 cm³/mol. The van der Waals surface area contributed by atoms with E-state index in [1.54, 1.807) is 0 Å².